The van der Waals surface area contributed by atoms with Crippen LogP contribution in [0.4, 0.5) is 0 Å². The molecule has 0 saturated heterocycles. The fourth-order valence-electron chi connectivity index (χ4n) is 2.90. The maximum absolute atomic E-state index is 12.8. The maximum atomic E-state index is 12.8. The molecule has 0 saturated carbocycles. The van der Waals surface area contributed by atoms with Gasteiger partial charge in [0.15, 0.2) is 0 Å². The summed E-state index contributed by atoms with van der Waals surface area (Å²) in [5.41, 5.74) is 9.65. The molecule has 0 aliphatic rings. The van der Waals surface area contributed by atoms with Crippen LogP contribution in [0.3, 0.4) is 0 Å². The second-order valence-corrected chi connectivity index (χ2v) is 8.49. The molecule has 0 radical (unpaired) electrons. The molecule has 3 aromatic rings. The molecule has 31 heavy (non-hydrogen) atoms. The van der Waals surface area contributed by atoms with Crippen LogP contribution in [0, 0.1) is 6.92 Å². The fourth-order valence-corrected chi connectivity index (χ4v) is 4.10. The van der Waals surface area contributed by atoms with Gasteiger partial charge in [-0.2, -0.15) is 9.51 Å². The number of benzene rings is 2. The number of rotatable bonds is 9. The first-order valence-electron chi connectivity index (χ1n) is 9.29. The van der Waals surface area contributed by atoms with Gasteiger partial charge in [0.2, 0.25) is 10.0 Å². The van der Waals surface area contributed by atoms with E-state index in [0.29, 0.717) is 0 Å². The van der Waals surface area contributed by atoms with Gasteiger partial charge < -0.3 is 9.95 Å². The molecule has 1 unspecified atom stereocenters. The summed E-state index contributed by atoms with van der Waals surface area (Å²) in [6.45, 7) is 1.83. The molecule has 1 heterocycles. The van der Waals surface area contributed by atoms with Crippen LogP contribution in [0.2, 0.25) is 0 Å². The predicted molar refractivity (Wildman–Crippen MR) is 112 cm³/mol. The third-order valence-electron chi connectivity index (χ3n) is 4.52. The van der Waals surface area contributed by atoms with E-state index >= 15 is 0 Å². The van der Waals surface area contributed by atoms with E-state index in [1.807, 2.05) is 6.92 Å². The van der Waals surface area contributed by atoms with Gasteiger partial charge in [-0.15, -0.1) is 0 Å². The van der Waals surface area contributed by atoms with Crippen molar-refractivity contribution in [3.8, 4) is 0 Å². The van der Waals surface area contributed by atoms with Crippen molar-refractivity contribution < 1.29 is 27.2 Å². The quantitative estimate of drug-likeness (QED) is 0.181. The lowest BCUT2D eigenvalue weighted by molar-refractivity contribution is -0.117. The fraction of sp³-hybridized carbons (Fsp3) is 0.136. The average Bonchev–Trinajstić information content (AvgIpc) is 3.29. The Hall–Kier alpha value is -3.65. The Bertz CT molecular complexity index is 1230. The smallest absolute Gasteiger partial charge is 0.405 e. The summed E-state index contributed by atoms with van der Waals surface area (Å²) >= 11 is 0. The molecule has 2 aromatic carbocycles. The van der Waals surface area contributed by atoms with Crippen LogP contribution in [-0.2, 0) is 14.8 Å². The monoisotopic (exact) mass is 437 g/mol. The summed E-state index contributed by atoms with van der Waals surface area (Å²) in [7, 11) is -4.00. The maximum Gasteiger partial charge on any atom is 0.405 e. The van der Waals surface area contributed by atoms with Crippen molar-refractivity contribution in [2.75, 3.05) is 0 Å². The third-order valence-corrected chi connectivity index (χ3v) is 6.01. The number of carbonyl (C=O) groups excluding carboxylic acids is 2. The minimum absolute atomic E-state index is 0.0125. The van der Waals surface area contributed by atoms with E-state index in [2.05, 4.69) is 9.51 Å². The summed E-state index contributed by atoms with van der Waals surface area (Å²) < 4.78 is 33.3. The van der Waals surface area contributed by atoms with Crippen molar-refractivity contribution in [1.82, 2.24) is 4.72 Å². The molecular formula is C22H19N3O5S. The van der Waals surface area contributed by atoms with Crippen molar-refractivity contribution in [3.05, 3.63) is 95.4 Å². The highest BCUT2D eigenvalue weighted by atomic mass is 32.2. The Balaban J connectivity index is 1.86. The Labute approximate surface area is 179 Å². The number of furan rings is 1. The predicted octanol–water partition coefficient (Wildman–Crippen LogP) is 3.12. The lowest BCUT2D eigenvalue weighted by Crippen LogP contribution is -2.34. The highest BCUT2D eigenvalue weighted by Gasteiger charge is 2.34. The Kier molecular flexibility index (Phi) is 6.71. The number of carbonyl (C=O) groups is 2. The van der Waals surface area contributed by atoms with Gasteiger partial charge in [0.25, 0.3) is 11.6 Å². The van der Waals surface area contributed by atoms with Crippen LogP contribution in [0.25, 0.3) is 5.53 Å². The molecule has 0 bridgehead atoms. The summed E-state index contributed by atoms with van der Waals surface area (Å²) in [4.78, 5) is 28.2. The van der Waals surface area contributed by atoms with Crippen LogP contribution in [0.15, 0.2) is 82.3 Å². The molecule has 1 N–H and O–H groups in total. The van der Waals surface area contributed by atoms with Gasteiger partial charge >= 0.3 is 5.71 Å². The number of sulfonamides is 1. The highest BCUT2D eigenvalue weighted by molar-refractivity contribution is 7.89. The SMILES string of the molecule is Cc1ccc(S(=O)(=O)NC(CC(=O)C(=[N+]=[N-])C(=O)c2ccccc2)c2ccco2)cc1. The number of nitrogens with one attached hydrogen (secondary N) is 1. The standard InChI is InChI=1S/C22H19N3O5S/c1-15-9-11-17(12-10-15)31(28,29)25-18(20-8-5-13-30-20)14-19(26)21(24-23)22(27)16-6-3-2-4-7-16/h2-13,18,25H,14H2,1H3. The summed E-state index contributed by atoms with van der Waals surface area (Å²) in [5, 5.41) is 0. The van der Waals surface area contributed by atoms with Crippen LogP contribution < -0.4 is 4.72 Å². The summed E-state index contributed by atoms with van der Waals surface area (Å²) in [5.74, 6) is -1.44. The van der Waals surface area contributed by atoms with E-state index in [0.717, 1.165) is 5.56 Å². The molecule has 0 amide bonds. The first-order valence-corrected chi connectivity index (χ1v) is 10.8. The van der Waals surface area contributed by atoms with E-state index in [4.69, 9.17) is 4.42 Å². The number of aryl methyl sites for hydroxylation is 1. The minimum atomic E-state index is -4.00. The van der Waals surface area contributed by atoms with Crippen LogP contribution in [0.5, 0.6) is 0 Å². The van der Waals surface area contributed by atoms with E-state index in [1.54, 1.807) is 36.4 Å². The molecule has 158 valence electrons. The number of hydrogen-bond donors (Lipinski definition) is 1. The molecule has 9 heteroatoms. The average molecular weight is 437 g/mol. The van der Waals surface area contributed by atoms with Crippen molar-refractivity contribution in [3.63, 3.8) is 0 Å². The van der Waals surface area contributed by atoms with E-state index in [-0.39, 0.29) is 16.2 Å². The lowest BCUT2D eigenvalue weighted by Gasteiger charge is -2.15. The second-order valence-electron chi connectivity index (χ2n) is 6.77. The number of ketones is 2. The Morgan fingerprint density at radius 3 is 2.29 bits per heavy atom. The molecule has 1 atom stereocenters. The van der Waals surface area contributed by atoms with Gasteiger partial charge in [-0.05, 0) is 31.2 Å². The highest BCUT2D eigenvalue weighted by Crippen LogP contribution is 2.22. The number of Topliss-reactive ketones (excluding diaryl/α,β-unsaturated/α-hetero) is 2. The number of nitrogens with zero attached hydrogens (tertiary/aromatic N) is 2. The first-order chi connectivity index (χ1) is 14.8. The van der Waals surface area contributed by atoms with Crippen molar-refractivity contribution >= 4 is 27.3 Å². The minimum Gasteiger partial charge on any atom is -0.468 e. The largest absolute Gasteiger partial charge is 0.468 e. The van der Waals surface area contributed by atoms with Gasteiger partial charge in [-0.25, -0.2) is 8.42 Å². The zero-order chi connectivity index (χ0) is 22.4. The molecular weight excluding hydrogens is 418 g/mol. The lowest BCUT2D eigenvalue weighted by atomic mass is 9.99. The van der Waals surface area contributed by atoms with Crippen molar-refractivity contribution in [2.24, 2.45) is 0 Å². The van der Waals surface area contributed by atoms with Crippen LogP contribution >= 0.6 is 0 Å². The van der Waals surface area contributed by atoms with Crippen LogP contribution in [0.1, 0.15) is 34.1 Å². The third kappa shape index (κ3) is 5.29. The van der Waals surface area contributed by atoms with Crippen molar-refractivity contribution in [2.45, 2.75) is 24.3 Å². The Morgan fingerprint density at radius 1 is 1.03 bits per heavy atom. The van der Waals surface area contributed by atoms with Gasteiger partial charge in [0, 0.05) is 12.0 Å². The van der Waals surface area contributed by atoms with E-state index < -0.39 is 39.8 Å². The topological polar surface area (TPSA) is 130 Å². The second kappa shape index (κ2) is 9.44. The zero-order valence-electron chi connectivity index (χ0n) is 16.6. The molecule has 1 aromatic heterocycles. The van der Waals surface area contributed by atoms with Gasteiger partial charge in [-0.3, -0.25) is 9.59 Å². The van der Waals surface area contributed by atoms with Crippen LogP contribution in [-0.4, -0.2) is 30.5 Å². The molecule has 3 rings (SSSR count). The van der Waals surface area contributed by atoms with Gasteiger partial charge in [0.05, 0.1) is 17.2 Å². The Morgan fingerprint density at radius 2 is 1.71 bits per heavy atom. The van der Waals surface area contributed by atoms with Crippen molar-refractivity contribution in [1.29, 1.82) is 0 Å². The first kappa shape index (κ1) is 22.0. The zero-order valence-corrected chi connectivity index (χ0v) is 17.4. The molecule has 0 fully saturated rings. The van der Waals surface area contributed by atoms with E-state index in [1.165, 1.54) is 36.6 Å². The number of hydrogen-bond acceptors (Lipinski definition) is 5. The normalized spacial score (nSPS) is 12.0. The molecule has 0 spiro atoms. The molecule has 0 aliphatic carbocycles. The van der Waals surface area contributed by atoms with E-state index in [9.17, 15) is 23.5 Å². The summed E-state index contributed by atoms with van der Waals surface area (Å²) in [6.07, 6.45) is 0.847. The van der Waals surface area contributed by atoms with Gasteiger partial charge in [-0.1, -0.05) is 48.0 Å². The molecule has 0 aliphatic heterocycles. The molecule has 8 nitrogen and oxygen atoms in total. The summed E-state index contributed by atoms with van der Waals surface area (Å²) in [6, 6.07) is 16.0. The van der Waals surface area contributed by atoms with Gasteiger partial charge in [0.1, 0.15) is 5.76 Å².